The van der Waals surface area contributed by atoms with Crippen molar-refractivity contribution < 1.29 is 13.9 Å². The largest absolute Gasteiger partial charge is 0.349 e. The SMILES string of the molecule is CC(CS(C)=O)NC(=O)c1cc([N+](=O)[O-])ccc1Cl. The van der Waals surface area contributed by atoms with Crippen molar-refractivity contribution >= 4 is 34.0 Å². The van der Waals surface area contributed by atoms with Crippen molar-refractivity contribution in [2.24, 2.45) is 0 Å². The fraction of sp³-hybridized carbons (Fsp3) is 0.364. The third-order valence-electron chi connectivity index (χ3n) is 2.27. The Balaban J connectivity index is 2.90. The fourth-order valence-electron chi connectivity index (χ4n) is 1.50. The van der Waals surface area contributed by atoms with Gasteiger partial charge in [-0.15, -0.1) is 0 Å². The molecule has 1 rings (SSSR count). The van der Waals surface area contributed by atoms with Crippen LogP contribution in [0.2, 0.25) is 5.02 Å². The minimum absolute atomic E-state index is 0.0320. The van der Waals surface area contributed by atoms with Crippen molar-refractivity contribution in [3.63, 3.8) is 0 Å². The molecule has 0 aromatic heterocycles. The van der Waals surface area contributed by atoms with Crippen molar-refractivity contribution in [1.82, 2.24) is 5.32 Å². The molecule has 0 bridgehead atoms. The average molecular weight is 305 g/mol. The summed E-state index contributed by atoms with van der Waals surface area (Å²) < 4.78 is 11.0. The van der Waals surface area contributed by atoms with Gasteiger partial charge < -0.3 is 5.32 Å². The summed E-state index contributed by atoms with van der Waals surface area (Å²) in [4.78, 5) is 22.0. The van der Waals surface area contributed by atoms with Crippen LogP contribution in [0, 0.1) is 10.1 Å². The van der Waals surface area contributed by atoms with Crippen LogP contribution in [0.25, 0.3) is 0 Å². The van der Waals surface area contributed by atoms with E-state index >= 15 is 0 Å². The first-order valence-electron chi connectivity index (χ1n) is 5.36. The minimum atomic E-state index is -1.04. The summed E-state index contributed by atoms with van der Waals surface area (Å²) in [6, 6.07) is 3.34. The second-order valence-electron chi connectivity index (χ2n) is 4.04. The molecule has 104 valence electrons. The highest BCUT2D eigenvalue weighted by Crippen LogP contribution is 2.22. The maximum atomic E-state index is 11.9. The molecule has 0 heterocycles. The van der Waals surface area contributed by atoms with E-state index in [1.165, 1.54) is 18.4 Å². The highest BCUT2D eigenvalue weighted by atomic mass is 35.5. The highest BCUT2D eigenvalue weighted by molar-refractivity contribution is 7.84. The molecule has 0 aliphatic carbocycles. The molecule has 2 atom stereocenters. The molecule has 1 aromatic rings. The molecular weight excluding hydrogens is 292 g/mol. The first kappa shape index (κ1) is 15.6. The van der Waals surface area contributed by atoms with Gasteiger partial charge in [-0.05, 0) is 13.0 Å². The number of hydrogen-bond donors (Lipinski definition) is 1. The average Bonchev–Trinajstić information content (AvgIpc) is 2.27. The molecule has 2 unspecified atom stereocenters. The van der Waals surface area contributed by atoms with Gasteiger partial charge in [-0.3, -0.25) is 19.1 Å². The molecule has 1 amide bonds. The molecule has 0 saturated heterocycles. The van der Waals surface area contributed by atoms with Crippen molar-refractivity contribution in [2.45, 2.75) is 13.0 Å². The Labute approximate surface area is 117 Å². The van der Waals surface area contributed by atoms with E-state index in [2.05, 4.69) is 5.32 Å². The van der Waals surface area contributed by atoms with Crippen molar-refractivity contribution in [2.75, 3.05) is 12.0 Å². The summed E-state index contributed by atoms with van der Waals surface area (Å²) in [5.41, 5.74) is -0.175. The van der Waals surface area contributed by atoms with E-state index in [4.69, 9.17) is 11.6 Å². The van der Waals surface area contributed by atoms with Crippen LogP contribution < -0.4 is 5.32 Å². The van der Waals surface area contributed by atoms with E-state index < -0.39 is 21.6 Å². The Morgan fingerprint density at radius 1 is 1.58 bits per heavy atom. The Morgan fingerprint density at radius 3 is 2.74 bits per heavy atom. The van der Waals surface area contributed by atoms with E-state index in [0.717, 1.165) is 6.07 Å². The number of nitrogens with one attached hydrogen (secondary N) is 1. The lowest BCUT2D eigenvalue weighted by molar-refractivity contribution is -0.384. The smallest absolute Gasteiger partial charge is 0.270 e. The summed E-state index contributed by atoms with van der Waals surface area (Å²) >= 11 is 5.84. The van der Waals surface area contributed by atoms with E-state index in [-0.39, 0.29) is 22.3 Å². The van der Waals surface area contributed by atoms with Gasteiger partial charge in [0.15, 0.2) is 0 Å². The van der Waals surface area contributed by atoms with Gasteiger partial charge >= 0.3 is 0 Å². The number of halogens is 1. The number of nitrogens with zero attached hydrogens (tertiary/aromatic N) is 1. The van der Waals surface area contributed by atoms with Crippen LogP contribution in [0.1, 0.15) is 17.3 Å². The molecule has 8 heteroatoms. The monoisotopic (exact) mass is 304 g/mol. The Bertz CT molecular complexity index is 535. The van der Waals surface area contributed by atoms with Crippen LogP contribution in [0.3, 0.4) is 0 Å². The lowest BCUT2D eigenvalue weighted by Crippen LogP contribution is -2.36. The maximum Gasteiger partial charge on any atom is 0.270 e. The second kappa shape index (κ2) is 6.63. The summed E-state index contributed by atoms with van der Waals surface area (Å²) in [7, 11) is -1.04. The number of hydrogen-bond acceptors (Lipinski definition) is 4. The number of benzene rings is 1. The molecule has 0 aliphatic rings. The molecule has 1 aromatic carbocycles. The molecular formula is C11H13ClN2O4S. The van der Waals surface area contributed by atoms with Crippen LogP contribution in [0.4, 0.5) is 5.69 Å². The minimum Gasteiger partial charge on any atom is -0.349 e. The Kier molecular flexibility index (Phi) is 5.44. The zero-order valence-electron chi connectivity index (χ0n) is 10.4. The molecule has 1 N–H and O–H groups in total. The number of carbonyl (C=O) groups excluding carboxylic acids is 1. The summed E-state index contributed by atoms with van der Waals surface area (Å²) in [6.07, 6.45) is 1.53. The zero-order chi connectivity index (χ0) is 14.6. The molecule has 0 aliphatic heterocycles. The van der Waals surface area contributed by atoms with Gasteiger partial charge in [-0.25, -0.2) is 0 Å². The van der Waals surface area contributed by atoms with Gasteiger partial charge in [-0.2, -0.15) is 0 Å². The first-order valence-corrected chi connectivity index (χ1v) is 7.46. The third-order valence-corrected chi connectivity index (χ3v) is 3.57. The number of nitro benzene ring substituents is 1. The quantitative estimate of drug-likeness (QED) is 0.663. The predicted octanol–water partition coefficient (Wildman–Crippen LogP) is 1.74. The number of non-ortho nitro benzene ring substituents is 1. The van der Waals surface area contributed by atoms with E-state index in [1.807, 2.05) is 0 Å². The van der Waals surface area contributed by atoms with Crippen LogP contribution in [0.5, 0.6) is 0 Å². The summed E-state index contributed by atoms with van der Waals surface area (Å²) in [5.74, 6) is -0.218. The molecule has 19 heavy (non-hydrogen) atoms. The second-order valence-corrected chi connectivity index (χ2v) is 5.92. The zero-order valence-corrected chi connectivity index (χ0v) is 12.0. The number of nitro groups is 1. The number of amides is 1. The highest BCUT2D eigenvalue weighted by Gasteiger charge is 2.17. The Morgan fingerprint density at radius 2 is 2.21 bits per heavy atom. The van der Waals surface area contributed by atoms with Crippen molar-refractivity contribution in [3.8, 4) is 0 Å². The van der Waals surface area contributed by atoms with Gasteiger partial charge in [-0.1, -0.05) is 11.6 Å². The first-order chi connectivity index (χ1) is 8.81. The fourth-order valence-corrected chi connectivity index (χ4v) is 2.49. The van der Waals surface area contributed by atoms with Gasteiger partial charge in [0, 0.05) is 41.0 Å². The van der Waals surface area contributed by atoms with Crippen LogP contribution >= 0.6 is 11.6 Å². The molecule has 6 nitrogen and oxygen atoms in total. The Hall–Kier alpha value is -1.47. The van der Waals surface area contributed by atoms with Gasteiger partial charge in [0.05, 0.1) is 15.5 Å². The van der Waals surface area contributed by atoms with Gasteiger partial charge in [0.1, 0.15) is 0 Å². The lowest BCUT2D eigenvalue weighted by atomic mass is 10.2. The van der Waals surface area contributed by atoms with Crippen molar-refractivity contribution in [3.05, 3.63) is 38.9 Å². The molecule has 0 radical (unpaired) electrons. The van der Waals surface area contributed by atoms with Gasteiger partial charge in [0.25, 0.3) is 11.6 Å². The van der Waals surface area contributed by atoms with Crippen LogP contribution in [0.15, 0.2) is 18.2 Å². The summed E-state index contributed by atoms with van der Waals surface area (Å²) in [5, 5.41) is 13.4. The maximum absolute atomic E-state index is 11.9. The van der Waals surface area contributed by atoms with Crippen LogP contribution in [-0.2, 0) is 10.8 Å². The van der Waals surface area contributed by atoms with E-state index in [0.29, 0.717) is 5.75 Å². The van der Waals surface area contributed by atoms with Gasteiger partial charge in [0.2, 0.25) is 0 Å². The van der Waals surface area contributed by atoms with Crippen LogP contribution in [-0.4, -0.2) is 33.1 Å². The lowest BCUT2D eigenvalue weighted by Gasteiger charge is -2.12. The standard InChI is InChI=1S/C11H13ClN2O4S/c1-7(6-19(2)18)13-11(15)9-5-8(14(16)17)3-4-10(9)12/h3-5,7H,6H2,1-2H3,(H,13,15). The van der Waals surface area contributed by atoms with E-state index in [1.54, 1.807) is 6.92 Å². The van der Waals surface area contributed by atoms with Crippen molar-refractivity contribution in [1.29, 1.82) is 0 Å². The normalized spacial score (nSPS) is 13.6. The molecule has 0 spiro atoms. The topological polar surface area (TPSA) is 89.3 Å². The van der Waals surface area contributed by atoms with E-state index in [9.17, 15) is 19.1 Å². The number of carbonyl (C=O) groups is 1. The summed E-state index contributed by atoms with van der Waals surface area (Å²) in [6.45, 7) is 1.70. The predicted molar refractivity (Wildman–Crippen MR) is 74.0 cm³/mol. The molecule has 0 fully saturated rings. The molecule has 0 saturated carbocycles. The third kappa shape index (κ3) is 4.60. The number of rotatable bonds is 5.